The summed E-state index contributed by atoms with van der Waals surface area (Å²) >= 11 is 0. The van der Waals surface area contributed by atoms with Crippen LogP contribution < -0.4 is 21.7 Å². The zero-order valence-corrected chi connectivity index (χ0v) is 29.2. The molecule has 12 nitrogen and oxygen atoms in total. The van der Waals surface area contributed by atoms with Crippen molar-refractivity contribution in [3.05, 3.63) is 0 Å². The first-order valence-corrected chi connectivity index (χ1v) is 17.3. The molecule has 1 heterocycles. The monoisotopic (exact) mass is 651 g/mol. The number of nitrogens with zero attached hydrogens (tertiary/aromatic N) is 1. The Kier molecular flexibility index (Phi) is 19.2. The third-order valence-corrected chi connectivity index (χ3v) is 8.14. The maximum Gasteiger partial charge on any atom is 0.325 e. The van der Waals surface area contributed by atoms with Crippen LogP contribution in [0.1, 0.15) is 125 Å². The van der Waals surface area contributed by atoms with Crippen LogP contribution in [-0.4, -0.2) is 78.7 Å². The molecule has 5 amide bonds. The minimum atomic E-state index is -0.986. The molecule has 4 aliphatic rings. The highest BCUT2D eigenvalue weighted by Crippen LogP contribution is 2.33. The van der Waals surface area contributed by atoms with Crippen molar-refractivity contribution in [2.24, 2.45) is 23.0 Å². The summed E-state index contributed by atoms with van der Waals surface area (Å²) in [5, 5.41) is 7.53. The molecule has 3 saturated carbocycles. The summed E-state index contributed by atoms with van der Waals surface area (Å²) in [6.45, 7) is 13.0. The van der Waals surface area contributed by atoms with Crippen molar-refractivity contribution >= 4 is 36.0 Å². The molecule has 0 aromatic carbocycles. The third kappa shape index (κ3) is 17.5. The first kappa shape index (κ1) is 40.8. The minimum Gasteiger partial charge on any atom is -0.464 e. The SMILES string of the molecule is C1CCCC1.CC1CCCN1C(=O)C(NC(=O)NCC(=O)OCC1CC1)C(C)(C)C.CCC.NC(=O)C(=O)C(CC1CC1)NC=O. The quantitative estimate of drug-likeness (QED) is 0.140. The number of nitrogens with one attached hydrogen (secondary N) is 3. The van der Waals surface area contributed by atoms with E-state index in [1.54, 1.807) is 0 Å². The van der Waals surface area contributed by atoms with Crippen LogP contribution in [0.2, 0.25) is 0 Å². The lowest BCUT2D eigenvalue weighted by atomic mass is 9.85. The number of nitrogens with two attached hydrogens (primary N) is 1. The Hall–Kier alpha value is -3.18. The number of ketones is 1. The number of primary amides is 1. The van der Waals surface area contributed by atoms with E-state index in [1.165, 1.54) is 38.5 Å². The van der Waals surface area contributed by atoms with E-state index < -0.39 is 41.2 Å². The second-order valence-corrected chi connectivity index (χ2v) is 14.0. The number of rotatable bonds is 12. The number of hydrogen-bond donors (Lipinski definition) is 4. The van der Waals surface area contributed by atoms with E-state index in [4.69, 9.17) is 10.5 Å². The molecule has 1 aliphatic heterocycles. The lowest BCUT2D eigenvalue weighted by Crippen LogP contribution is -2.57. The van der Waals surface area contributed by atoms with Crippen molar-refractivity contribution in [2.45, 2.75) is 143 Å². The molecular weight excluding hydrogens is 590 g/mol. The number of hydrogen-bond acceptors (Lipinski definition) is 7. The molecule has 0 aromatic rings. The molecule has 5 N–H and O–H groups in total. The van der Waals surface area contributed by atoms with Crippen LogP contribution in [0.25, 0.3) is 0 Å². The van der Waals surface area contributed by atoms with Gasteiger partial charge >= 0.3 is 12.0 Å². The molecule has 0 bridgehead atoms. The molecule has 0 radical (unpaired) electrons. The van der Waals surface area contributed by atoms with Crippen molar-refractivity contribution in [3.8, 4) is 0 Å². The molecule has 4 rings (SSSR count). The molecule has 0 spiro atoms. The number of urea groups is 1. The minimum absolute atomic E-state index is 0.0658. The highest BCUT2D eigenvalue weighted by Gasteiger charge is 2.38. The van der Waals surface area contributed by atoms with Gasteiger partial charge in [0, 0.05) is 12.6 Å². The topological polar surface area (TPSA) is 177 Å². The predicted molar refractivity (Wildman–Crippen MR) is 177 cm³/mol. The van der Waals surface area contributed by atoms with Gasteiger partial charge in [0.25, 0.3) is 5.91 Å². The molecule has 12 heteroatoms. The van der Waals surface area contributed by atoms with Crippen LogP contribution in [-0.2, 0) is 28.7 Å². The number of likely N-dealkylation sites (tertiary alicyclic amines) is 1. The van der Waals surface area contributed by atoms with E-state index in [2.05, 4.69) is 29.8 Å². The van der Waals surface area contributed by atoms with Crippen LogP contribution in [0, 0.1) is 17.3 Å². The van der Waals surface area contributed by atoms with Gasteiger partial charge in [0.15, 0.2) is 0 Å². The number of esters is 1. The molecule has 4 fully saturated rings. The molecule has 3 unspecified atom stereocenters. The Labute approximate surface area is 276 Å². The summed E-state index contributed by atoms with van der Waals surface area (Å²) in [4.78, 5) is 70.2. The molecule has 1 saturated heterocycles. The van der Waals surface area contributed by atoms with Crippen LogP contribution >= 0.6 is 0 Å². The highest BCUT2D eigenvalue weighted by atomic mass is 16.5. The van der Waals surface area contributed by atoms with E-state index in [1.807, 2.05) is 32.6 Å². The molecule has 264 valence electrons. The van der Waals surface area contributed by atoms with Gasteiger partial charge in [0.05, 0.1) is 12.6 Å². The molecular formula is C34H61N5O7. The summed E-state index contributed by atoms with van der Waals surface area (Å²) < 4.78 is 5.07. The Morgan fingerprint density at radius 2 is 1.46 bits per heavy atom. The first-order chi connectivity index (χ1) is 21.7. The van der Waals surface area contributed by atoms with E-state index in [0.29, 0.717) is 31.3 Å². The predicted octanol–water partition coefficient (Wildman–Crippen LogP) is 3.99. The van der Waals surface area contributed by atoms with Gasteiger partial charge in [-0.25, -0.2) is 4.79 Å². The van der Waals surface area contributed by atoms with E-state index in [9.17, 15) is 28.8 Å². The summed E-state index contributed by atoms with van der Waals surface area (Å²) in [5.74, 6) is -1.26. The van der Waals surface area contributed by atoms with Gasteiger partial charge < -0.3 is 31.3 Å². The lowest BCUT2D eigenvalue weighted by molar-refractivity contribution is -0.142. The van der Waals surface area contributed by atoms with Crippen LogP contribution in [0.3, 0.4) is 0 Å². The fraction of sp³-hybridized carbons (Fsp3) is 0.824. The van der Waals surface area contributed by atoms with E-state index in [-0.39, 0.29) is 18.5 Å². The number of Topliss-reactive ketones (excluding diaryl/α,β-unsaturated/α-hetero) is 1. The third-order valence-electron chi connectivity index (χ3n) is 8.14. The van der Waals surface area contributed by atoms with Crippen molar-refractivity contribution < 1.29 is 33.5 Å². The van der Waals surface area contributed by atoms with Crippen molar-refractivity contribution in [2.75, 3.05) is 19.7 Å². The van der Waals surface area contributed by atoms with Crippen LogP contribution in [0.4, 0.5) is 4.79 Å². The van der Waals surface area contributed by atoms with E-state index in [0.717, 1.165) is 45.1 Å². The smallest absolute Gasteiger partial charge is 0.325 e. The average molecular weight is 652 g/mol. The summed E-state index contributed by atoms with van der Waals surface area (Å²) in [6.07, 6.45) is 16.0. The maximum atomic E-state index is 12.9. The second kappa shape index (κ2) is 21.6. The van der Waals surface area contributed by atoms with Crippen molar-refractivity contribution in [1.29, 1.82) is 0 Å². The summed E-state index contributed by atoms with van der Waals surface area (Å²) in [6, 6.07) is -1.69. The number of carbonyl (C=O) groups excluding carboxylic acids is 6. The Morgan fingerprint density at radius 3 is 1.87 bits per heavy atom. The zero-order chi connectivity index (χ0) is 34.7. The van der Waals surface area contributed by atoms with E-state index >= 15 is 0 Å². The molecule has 46 heavy (non-hydrogen) atoms. The van der Waals surface area contributed by atoms with Gasteiger partial charge in [-0.15, -0.1) is 0 Å². The number of carbonyl (C=O) groups is 6. The van der Waals surface area contributed by atoms with Crippen molar-refractivity contribution in [3.63, 3.8) is 0 Å². The molecule has 3 aliphatic carbocycles. The number of amides is 5. The van der Waals surface area contributed by atoms with Gasteiger partial charge in [-0.1, -0.05) is 86.0 Å². The van der Waals surface area contributed by atoms with Gasteiger partial charge in [-0.3, -0.25) is 24.0 Å². The Morgan fingerprint density at radius 1 is 0.913 bits per heavy atom. The maximum absolute atomic E-state index is 12.9. The van der Waals surface area contributed by atoms with Crippen molar-refractivity contribution in [1.82, 2.24) is 20.9 Å². The molecule has 0 aromatic heterocycles. The fourth-order valence-corrected chi connectivity index (χ4v) is 5.03. The summed E-state index contributed by atoms with van der Waals surface area (Å²) in [5.41, 5.74) is 4.39. The number of ether oxygens (including phenoxy) is 1. The fourth-order valence-electron chi connectivity index (χ4n) is 5.03. The normalized spacial score (nSPS) is 19.7. The summed E-state index contributed by atoms with van der Waals surface area (Å²) in [7, 11) is 0. The second-order valence-electron chi connectivity index (χ2n) is 14.0. The Bertz CT molecular complexity index is 964. The van der Waals surface area contributed by atoms with Gasteiger partial charge in [0.1, 0.15) is 12.6 Å². The first-order valence-electron chi connectivity index (χ1n) is 17.3. The Balaban J connectivity index is 0.000000414. The largest absolute Gasteiger partial charge is 0.464 e. The molecule has 3 atom stereocenters. The van der Waals surface area contributed by atoms with Crippen LogP contribution in [0.5, 0.6) is 0 Å². The van der Waals surface area contributed by atoms with Gasteiger partial charge in [-0.2, -0.15) is 0 Å². The average Bonchev–Trinajstić information content (AvgIpc) is 3.89. The highest BCUT2D eigenvalue weighted by molar-refractivity contribution is 6.37. The van der Waals surface area contributed by atoms with Gasteiger partial charge in [-0.05, 0) is 56.3 Å². The standard InChI is InChI=1S/C18H31N3O4.C8H12N2O3.C5H10.C3H8/c1-12-6-5-9-21(12)16(23)15(18(2,3)4)20-17(24)19-10-14(22)25-11-13-7-8-13;9-8(13)7(12)6(10-4-11)3-5-1-2-5;1-2-4-5-3-1;1-3-2/h12-13,15H,5-11H2,1-4H3,(H2,19,20,24);4-6H,1-3H2,(H2,9,13)(H,10,11);1-5H2;3H2,1-2H3. The van der Waals surface area contributed by atoms with Crippen LogP contribution in [0.15, 0.2) is 0 Å². The van der Waals surface area contributed by atoms with Gasteiger partial charge in [0.2, 0.25) is 18.1 Å². The zero-order valence-electron chi connectivity index (χ0n) is 29.2. The lowest BCUT2D eigenvalue weighted by Gasteiger charge is -2.35.